The monoisotopic (exact) mass is 521 g/mol. The van der Waals surface area contributed by atoms with Gasteiger partial charge in [-0.15, -0.1) is 0 Å². The van der Waals surface area contributed by atoms with E-state index in [0.717, 1.165) is 41.0 Å². The topological polar surface area (TPSA) is 38.3 Å². The molecular weight excluding hydrogens is 490 g/mol. The fourth-order valence-electron chi connectivity index (χ4n) is 6.44. The molecule has 0 fully saturated rings. The molecule has 3 heteroatoms. The van der Waals surface area contributed by atoms with Crippen LogP contribution in [-0.2, 0) is 23.2 Å². The molecule has 3 nitrogen and oxygen atoms in total. The van der Waals surface area contributed by atoms with Crippen LogP contribution in [0.4, 0.5) is 5.69 Å². The minimum atomic E-state index is -0.823. The van der Waals surface area contributed by atoms with Crippen molar-refractivity contribution in [2.45, 2.75) is 39.2 Å². The number of aryl methyl sites for hydroxylation is 4. The zero-order valence-electron chi connectivity index (χ0n) is 23.0. The van der Waals surface area contributed by atoms with Crippen LogP contribution in [0.15, 0.2) is 97.1 Å². The van der Waals surface area contributed by atoms with Crippen molar-refractivity contribution < 1.29 is 9.53 Å². The Hall–Kier alpha value is -4.63. The second-order valence-corrected chi connectivity index (χ2v) is 11.0. The van der Waals surface area contributed by atoms with Gasteiger partial charge in [-0.1, -0.05) is 78.9 Å². The van der Waals surface area contributed by atoms with Crippen LogP contribution in [0.1, 0.15) is 45.9 Å². The van der Waals surface area contributed by atoms with Crippen LogP contribution < -0.4 is 10.1 Å². The van der Waals surface area contributed by atoms with Gasteiger partial charge in [-0.3, -0.25) is 4.79 Å². The molecule has 1 N–H and O–H groups in total. The first-order valence-electron chi connectivity index (χ1n) is 13.9. The van der Waals surface area contributed by atoms with Crippen molar-refractivity contribution in [3.8, 4) is 16.9 Å². The summed E-state index contributed by atoms with van der Waals surface area (Å²) in [5, 5.41) is 5.46. The smallest absolute Gasteiger partial charge is 0.221 e. The lowest BCUT2D eigenvalue weighted by molar-refractivity contribution is -0.114. The molecule has 196 valence electrons. The van der Waals surface area contributed by atoms with Gasteiger partial charge in [-0.05, 0) is 89.6 Å². The van der Waals surface area contributed by atoms with E-state index in [1.165, 1.54) is 51.1 Å². The van der Waals surface area contributed by atoms with Crippen molar-refractivity contribution in [3.05, 3.63) is 136 Å². The maximum Gasteiger partial charge on any atom is 0.221 e. The number of amides is 1. The third-order valence-corrected chi connectivity index (χ3v) is 8.54. The molecule has 1 aliphatic carbocycles. The van der Waals surface area contributed by atoms with Crippen molar-refractivity contribution >= 4 is 28.4 Å². The number of carbonyl (C=O) groups is 1. The number of nitrogens with one attached hydrogen (secondary N) is 1. The molecule has 0 aromatic heterocycles. The number of hydrogen-bond donors (Lipinski definition) is 1. The van der Waals surface area contributed by atoms with Crippen molar-refractivity contribution in [1.29, 1.82) is 0 Å². The van der Waals surface area contributed by atoms with Crippen LogP contribution >= 0.6 is 0 Å². The number of anilines is 1. The summed E-state index contributed by atoms with van der Waals surface area (Å²) in [6, 6.07) is 31.9. The van der Waals surface area contributed by atoms with Crippen molar-refractivity contribution in [3.63, 3.8) is 0 Å². The second-order valence-electron chi connectivity index (χ2n) is 11.0. The van der Waals surface area contributed by atoms with Crippen molar-refractivity contribution in [1.82, 2.24) is 0 Å². The highest BCUT2D eigenvalue weighted by molar-refractivity contribution is 6.04. The molecule has 7 rings (SSSR count). The van der Waals surface area contributed by atoms with Crippen LogP contribution in [0.3, 0.4) is 0 Å². The molecule has 0 saturated carbocycles. The average molecular weight is 522 g/mol. The normalized spacial score (nSPS) is 17.0. The molecular formula is C37H31NO2. The quantitative estimate of drug-likeness (QED) is 0.258. The predicted octanol–water partition coefficient (Wildman–Crippen LogP) is 8.53. The van der Waals surface area contributed by atoms with Gasteiger partial charge in [0.05, 0.1) is 0 Å². The number of ether oxygens (including phenoxy) is 1. The summed E-state index contributed by atoms with van der Waals surface area (Å²) in [7, 11) is 0. The fourth-order valence-corrected chi connectivity index (χ4v) is 6.44. The van der Waals surface area contributed by atoms with Gasteiger partial charge in [-0.2, -0.15) is 0 Å². The van der Waals surface area contributed by atoms with E-state index in [1.807, 2.05) is 18.2 Å². The van der Waals surface area contributed by atoms with Crippen LogP contribution in [0.25, 0.3) is 28.0 Å². The third-order valence-electron chi connectivity index (χ3n) is 8.54. The predicted molar refractivity (Wildman–Crippen MR) is 164 cm³/mol. The van der Waals surface area contributed by atoms with Gasteiger partial charge in [-0.25, -0.2) is 0 Å². The standard InChI is InChI=1S/C37H31NO2/c1-23-21-33-31-18-13-26-9-7-8-12-30(26)35(31)36-32(34(33)22-24(23)2)19-20-37(40-36,27-10-5-4-6-11-27)28-14-16-29(17-15-28)38-25(3)39/h4-12,14-17,19-22H,13,18H2,1-3H3,(H,38,39). The molecule has 0 saturated heterocycles. The Bertz CT molecular complexity index is 1830. The Labute approximate surface area is 235 Å². The van der Waals surface area contributed by atoms with Crippen molar-refractivity contribution in [2.75, 3.05) is 5.32 Å². The molecule has 1 aliphatic heterocycles. The van der Waals surface area contributed by atoms with Gasteiger partial charge in [0.1, 0.15) is 5.75 Å². The maximum absolute atomic E-state index is 11.7. The Morgan fingerprint density at radius 2 is 1.48 bits per heavy atom. The first-order valence-corrected chi connectivity index (χ1v) is 13.9. The molecule has 2 aliphatic rings. The zero-order valence-corrected chi connectivity index (χ0v) is 23.0. The molecule has 5 aromatic rings. The average Bonchev–Trinajstić information content (AvgIpc) is 2.98. The Balaban J connectivity index is 1.52. The summed E-state index contributed by atoms with van der Waals surface area (Å²) in [6.07, 6.45) is 6.47. The molecule has 0 bridgehead atoms. The fraction of sp³-hybridized carbons (Fsp3) is 0.162. The lowest BCUT2D eigenvalue weighted by Gasteiger charge is -2.39. The number of carbonyl (C=O) groups excluding carboxylic acids is 1. The first-order chi connectivity index (χ1) is 19.4. The van der Waals surface area contributed by atoms with Crippen LogP contribution in [0, 0.1) is 13.8 Å². The Kier molecular flexibility index (Phi) is 5.64. The van der Waals surface area contributed by atoms with Crippen LogP contribution in [-0.4, -0.2) is 5.91 Å². The van der Waals surface area contributed by atoms with Gasteiger partial charge in [0.25, 0.3) is 0 Å². The highest BCUT2D eigenvalue weighted by Crippen LogP contribution is 2.52. The van der Waals surface area contributed by atoms with Gasteiger partial charge in [0.2, 0.25) is 5.91 Å². The molecule has 1 atom stereocenters. The second kappa shape index (κ2) is 9.24. The molecule has 5 aromatic carbocycles. The molecule has 40 heavy (non-hydrogen) atoms. The van der Waals surface area contributed by atoms with Gasteiger partial charge >= 0.3 is 0 Å². The lowest BCUT2D eigenvalue weighted by Crippen LogP contribution is -2.35. The third kappa shape index (κ3) is 3.76. The van der Waals surface area contributed by atoms with E-state index in [9.17, 15) is 4.79 Å². The van der Waals surface area contributed by atoms with E-state index < -0.39 is 5.60 Å². The first kappa shape index (κ1) is 24.4. The summed E-state index contributed by atoms with van der Waals surface area (Å²) in [5.41, 5.74) is 11.0. The molecule has 1 heterocycles. The number of benzene rings is 5. The minimum absolute atomic E-state index is 0.0871. The summed E-state index contributed by atoms with van der Waals surface area (Å²) in [4.78, 5) is 11.7. The number of hydrogen-bond acceptors (Lipinski definition) is 2. The minimum Gasteiger partial charge on any atom is -0.472 e. The molecule has 1 amide bonds. The Morgan fingerprint density at radius 1 is 0.800 bits per heavy atom. The van der Waals surface area contributed by atoms with E-state index >= 15 is 0 Å². The largest absolute Gasteiger partial charge is 0.472 e. The summed E-state index contributed by atoms with van der Waals surface area (Å²) >= 11 is 0. The molecule has 0 spiro atoms. The molecule has 0 radical (unpaired) electrons. The maximum atomic E-state index is 11.7. The molecule has 1 unspecified atom stereocenters. The van der Waals surface area contributed by atoms with E-state index in [0.29, 0.717) is 0 Å². The van der Waals surface area contributed by atoms with E-state index in [4.69, 9.17) is 4.74 Å². The number of fused-ring (bicyclic) bond motifs is 8. The van der Waals surface area contributed by atoms with Crippen LogP contribution in [0.2, 0.25) is 0 Å². The lowest BCUT2D eigenvalue weighted by atomic mass is 9.77. The van der Waals surface area contributed by atoms with E-state index in [1.54, 1.807) is 0 Å². The Morgan fingerprint density at radius 3 is 2.23 bits per heavy atom. The van der Waals surface area contributed by atoms with E-state index in [2.05, 4.69) is 104 Å². The van der Waals surface area contributed by atoms with Gasteiger partial charge in [0.15, 0.2) is 5.60 Å². The number of rotatable bonds is 3. The SMILES string of the molecule is CC(=O)Nc1ccc(C2(c3ccccc3)C=Cc3c(c4c(c5cc(C)c(C)cc35)CCc3ccccc3-4)O2)cc1. The zero-order chi connectivity index (χ0) is 27.4. The van der Waals surface area contributed by atoms with Gasteiger partial charge in [0, 0.05) is 34.9 Å². The van der Waals surface area contributed by atoms with Gasteiger partial charge < -0.3 is 10.1 Å². The summed E-state index contributed by atoms with van der Waals surface area (Å²) in [6.45, 7) is 5.92. The summed E-state index contributed by atoms with van der Waals surface area (Å²) < 4.78 is 7.37. The highest BCUT2D eigenvalue weighted by Gasteiger charge is 2.40. The van der Waals surface area contributed by atoms with E-state index in [-0.39, 0.29) is 5.91 Å². The summed E-state index contributed by atoms with van der Waals surface area (Å²) in [5.74, 6) is 0.853. The van der Waals surface area contributed by atoms with Crippen molar-refractivity contribution in [2.24, 2.45) is 0 Å². The highest BCUT2D eigenvalue weighted by atomic mass is 16.5. The van der Waals surface area contributed by atoms with Crippen LogP contribution in [0.5, 0.6) is 5.75 Å².